The number of carbonyl (C=O) groups is 1. The second-order valence-electron chi connectivity index (χ2n) is 3.53. The van der Waals surface area contributed by atoms with Gasteiger partial charge in [-0.05, 0) is 12.0 Å². The van der Waals surface area contributed by atoms with E-state index in [9.17, 15) is 4.79 Å². The van der Waals surface area contributed by atoms with Crippen LogP contribution in [0.2, 0.25) is 0 Å². The summed E-state index contributed by atoms with van der Waals surface area (Å²) < 4.78 is 5.14. The molecule has 2 bridgehead atoms. The zero-order chi connectivity index (χ0) is 8.01. The van der Waals surface area contributed by atoms with Crippen LogP contribution in [0.4, 0.5) is 0 Å². The van der Waals surface area contributed by atoms with Gasteiger partial charge in [-0.2, -0.15) is 0 Å². The van der Waals surface area contributed by atoms with Gasteiger partial charge in [0.2, 0.25) is 0 Å². The first-order chi connectivity index (χ1) is 5.20. The Bertz CT molecular complexity index is 220. The zero-order valence-electron chi connectivity index (χ0n) is 6.78. The molecular weight excluding hydrogens is 140 g/mol. The summed E-state index contributed by atoms with van der Waals surface area (Å²) in [6, 6.07) is 0. The van der Waals surface area contributed by atoms with E-state index in [2.05, 4.69) is 13.8 Å². The second kappa shape index (κ2) is 2.10. The van der Waals surface area contributed by atoms with Crippen molar-refractivity contribution in [1.29, 1.82) is 0 Å². The van der Waals surface area contributed by atoms with Gasteiger partial charge in [0.25, 0.3) is 0 Å². The summed E-state index contributed by atoms with van der Waals surface area (Å²) in [6.45, 7) is 4.25. The molecule has 1 fully saturated rings. The van der Waals surface area contributed by atoms with Crippen LogP contribution in [0.5, 0.6) is 0 Å². The minimum Gasteiger partial charge on any atom is -0.457 e. The average Bonchev–Trinajstić information content (AvgIpc) is 1.99. The average molecular weight is 152 g/mol. The monoisotopic (exact) mass is 152 g/mol. The molecule has 0 amide bonds. The Morgan fingerprint density at radius 3 is 2.45 bits per heavy atom. The van der Waals surface area contributed by atoms with Crippen LogP contribution in [0.1, 0.15) is 13.8 Å². The van der Waals surface area contributed by atoms with Gasteiger partial charge in [0.15, 0.2) is 0 Å². The van der Waals surface area contributed by atoms with E-state index < -0.39 is 0 Å². The Hall–Kier alpha value is -0.790. The van der Waals surface area contributed by atoms with Crippen LogP contribution in [0, 0.1) is 17.8 Å². The lowest BCUT2D eigenvalue weighted by Gasteiger charge is -2.40. The summed E-state index contributed by atoms with van der Waals surface area (Å²) >= 11 is 0. The molecule has 0 aromatic heterocycles. The molecule has 0 aromatic carbocycles. The third kappa shape index (κ3) is 0.817. The summed E-state index contributed by atoms with van der Waals surface area (Å²) in [5, 5.41) is 0. The highest BCUT2D eigenvalue weighted by molar-refractivity contribution is 5.77. The quantitative estimate of drug-likeness (QED) is 0.387. The Labute approximate surface area is 66.2 Å². The largest absolute Gasteiger partial charge is 0.457 e. The molecule has 4 unspecified atom stereocenters. The Kier molecular flexibility index (Phi) is 1.31. The molecular formula is C9H12O2. The van der Waals surface area contributed by atoms with Gasteiger partial charge in [0, 0.05) is 5.92 Å². The maximum Gasteiger partial charge on any atom is 0.313 e. The van der Waals surface area contributed by atoms with E-state index in [0.29, 0.717) is 11.8 Å². The number of hydrogen-bond donors (Lipinski definition) is 0. The molecule has 2 nitrogen and oxygen atoms in total. The summed E-state index contributed by atoms with van der Waals surface area (Å²) in [6.07, 6.45) is 4.04. The number of rotatable bonds is 0. The minimum atomic E-state index is -0.0388. The van der Waals surface area contributed by atoms with E-state index in [1.165, 1.54) is 0 Å². The summed E-state index contributed by atoms with van der Waals surface area (Å²) in [5.41, 5.74) is 0. The van der Waals surface area contributed by atoms with Gasteiger partial charge in [-0.1, -0.05) is 19.9 Å². The first-order valence-corrected chi connectivity index (χ1v) is 4.09. The van der Waals surface area contributed by atoms with Gasteiger partial charge in [-0.15, -0.1) is 0 Å². The highest BCUT2D eigenvalue weighted by Crippen LogP contribution is 2.37. The molecule has 2 aliphatic heterocycles. The fraction of sp³-hybridized carbons (Fsp3) is 0.667. The van der Waals surface area contributed by atoms with E-state index in [-0.39, 0.29) is 18.0 Å². The van der Waals surface area contributed by atoms with Crippen molar-refractivity contribution in [2.45, 2.75) is 20.0 Å². The van der Waals surface area contributed by atoms with Gasteiger partial charge in [-0.25, -0.2) is 0 Å². The van der Waals surface area contributed by atoms with Crippen molar-refractivity contribution in [3.05, 3.63) is 12.2 Å². The van der Waals surface area contributed by atoms with Crippen molar-refractivity contribution in [3.8, 4) is 0 Å². The third-order valence-electron chi connectivity index (χ3n) is 2.95. The Morgan fingerprint density at radius 1 is 1.27 bits per heavy atom. The number of hydrogen-bond acceptors (Lipinski definition) is 2. The Morgan fingerprint density at radius 2 is 2.00 bits per heavy atom. The molecule has 1 aliphatic carbocycles. The van der Waals surface area contributed by atoms with Crippen molar-refractivity contribution >= 4 is 5.97 Å². The van der Waals surface area contributed by atoms with Gasteiger partial charge >= 0.3 is 5.97 Å². The molecule has 60 valence electrons. The Balaban J connectivity index is 2.34. The molecule has 11 heavy (non-hydrogen) atoms. The number of fused-ring (bicyclic) bond motifs is 2. The highest BCUT2D eigenvalue weighted by atomic mass is 16.5. The first-order valence-electron chi connectivity index (χ1n) is 4.09. The molecule has 0 N–H and O–H groups in total. The topological polar surface area (TPSA) is 26.3 Å². The zero-order valence-corrected chi connectivity index (χ0v) is 6.78. The van der Waals surface area contributed by atoms with Crippen molar-refractivity contribution < 1.29 is 9.53 Å². The normalized spacial score (nSPS) is 47.6. The lowest BCUT2D eigenvalue weighted by atomic mass is 9.74. The van der Waals surface area contributed by atoms with E-state index in [0.717, 1.165) is 0 Å². The summed E-state index contributed by atoms with van der Waals surface area (Å²) in [5.74, 6) is 0.923. The first kappa shape index (κ1) is 6.89. The number of carbonyl (C=O) groups excluding carboxylic acids is 1. The molecule has 0 saturated carbocycles. The van der Waals surface area contributed by atoms with Crippen LogP contribution in [-0.2, 0) is 9.53 Å². The molecule has 3 aliphatic rings. The smallest absolute Gasteiger partial charge is 0.313 e. The minimum absolute atomic E-state index is 0.0231. The fourth-order valence-corrected chi connectivity index (χ4v) is 1.86. The van der Waals surface area contributed by atoms with Crippen molar-refractivity contribution in [3.63, 3.8) is 0 Å². The molecule has 4 atom stereocenters. The van der Waals surface area contributed by atoms with Crippen molar-refractivity contribution in [1.82, 2.24) is 0 Å². The van der Waals surface area contributed by atoms with Gasteiger partial charge in [0.05, 0.1) is 5.92 Å². The summed E-state index contributed by atoms with van der Waals surface area (Å²) in [4.78, 5) is 11.1. The SMILES string of the molecule is CC1C2C=CC(C(=O)O2)C1C. The van der Waals surface area contributed by atoms with Crippen molar-refractivity contribution in [2.75, 3.05) is 0 Å². The van der Waals surface area contributed by atoms with Crippen LogP contribution in [0.3, 0.4) is 0 Å². The van der Waals surface area contributed by atoms with E-state index in [1.54, 1.807) is 0 Å². The van der Waals surface area contributed by atoms with Gasteiger partial charge < -0.3 is 4.74 Å². The molecule has 0 spiro atoms. The fourth-order valence-electron chi connectivity index (χ4n) is 1.86. The lowest BCUT2D eigenvalue weighted by molar-refractivity contribution is -0.165. The standard InChI is InChI=1S/C9H12O2/c1-5-6(2)8-4-3-7(5)9(10)11-8/h3-8H,1-2H3. The van der Waals surface area contributed by atoms with E-state index >= 15 is 0 Å². The molecule has 0 radical (unpaired) electrons. The van der Waals surface area contributed by atoms with Gasteiger partial charge in [-0.3, -0.25) is 4.79 Å². The molecule has 0 aromatic rings. The van der Waals surface area contributed by atoms with Gasteiger partial charge in [0.1, 0.15) is 6.10 Å². The lowest BCUT2D eigenvalue weighted by Crippen LogP contribution is -2.44. The predicted molar refractivity (Wildman–Crippen MR) is 40.8 cm³/mol. The van der Waals surface area contributed by atoms with Crippen LogP contribution in [0.15, 0.2) is 12.2 Å². The van der Waals surface area contributed by atoms with Crippen LogP contribution < -0.4 is 0 Å². The van der Waals surface area contributed by atoms with Crippen LogP contribution in [-0.4, -0.2) is 12.1 Å². The van der Waals surface area contributed by atoms with Crippen molar-refractivity contribution in [2.24, 2.45) is 17.8 Å². The highest BCUT2D eigenvalue weighted by Gasteiger charge is 2.42. The second-order valence-corrected chi connectivity index (χ2v) is 3.53. The maximum atomic E-state index is 11.1. The van der Waals surface area contributed by atoms with E-state index in [4.69, 9.17) is 4.74 Å². The van der Waals surface area contributed by atoms with Crippen LogP contribution >= 0.6 is 0 Å². The maximum absolute atomic E-state index is 11.1. The number of ether oxygens (including phenoxy) is 1. The summed E-state index contributed by atoms with van der Waals surface area (Å²) in [7, 11) is 0. The third-order valence-corrected chi connectivity index (χ3v) is 2.95. The molecule has 2 heteroatoms. The number of esters is 1. The molecule has 1 saturated heterocycles. The van der Waals surface area contributed by atoms with Crippen LogP contribution in [0.25, 0.3) is 0 Å². The molecule has 3 rings (SSSR count). The van der Waals surface area contributed by atoms with E-state index in [1.807, 2.05) is 12.2 Å². The predicted octanol–water partition coefficient (Wildman–Crippen LogP) is 1.37. The molecule has 2 heterocycles.